The number of ether oxygens (including phenoxy) is 1. The molecule has 1 heterocycles. The van der Waals surface area contributed by atoms with Gasteiger partial charge in [0.2, 0.25) is 0 Å². The Morgan fingerprint density at radius 2 is 2.04 bits per heavy atom. The number of nitrogen functional groups attached to an aromatic ring is 1. The lowest BCUT2D eigenvalue weighted by atomic mass is 10.1. The van der Waals surface area contributed by atoms with Gasteiger partial charge in [0.25, 0.3) is 0 Å². The van der Waals surface area contributed by atoms with E-state index in [1.807, 2.05) is 19.1 Å². The summed E-state index contributed by atoms with van der Waals surface area (Å²) in [7, 11) is 0. The molecule has 1 aromatic heterocycles. The Morgan fingerprint density at radius 3 is 2.68 bits per heavy atom. The van der Waals surface area contributed by atoms with Crippen LogP contribution in [-0.4, -0.2) is 21.8 Å². The number of hydrogen-bond donors (Lipinski definition) is 1. The standard InChI is InChI=1S/C19H25N3O2S/c1-4-5-10-24-18(23)11-16-19(20)21-12-17(22-16)14-6-8-15(9-7-14)25-13(2)3/h6-9,11-13,23H,4-5,10H2,1-3H3,(H2,20,21)/p-1. The van der Waals surface area contributed by atoms with Crippen molar-refractivity contribution in [1.29, 1.82) is 0 Å². The summed E-state index contributed by atoms with van der Waals surface area (Å²) in [5.41, 5.74) is 7.76. The first-order valence-electron chi connectivity index (χ1n) is 8.40. The average Bonchev–Trinajstić information content (AvgIpc) is 2.57. The molecule has 25 heavy (non-hydrogen) atoms. The minimum Gasteiger partial charge on any atom is -0.613 e. The maximum absolute atomic E-state index is 11.8. The molecule has 0 radical (unpaired) electrons. The molecule has 0 aliphatic heterocycles. The summed E-state index contributed by atoms with van der Waals surface area (Å²) in [6.07, 6.45) is 4.71. The second-order valence-electron chi connectivity index (χ2n) is 5.88. The molecule has 2 rings (SSSR count). The number of thioether (sulfide) groups is 1. The van der Waals surface area contributed by atoms with Crippen molar-refractivity contribution >= 4 is 23.7 Å². The van der Waals surface area contributed by atoms with Gasteiger partial charge in [0.1, 0.15) is 11.5 Å². The lowest BCUT2D eigenvalue weighted by Crippen LogP contribution is -2.10. The Bertz CT molecular complexity index is 715. The normalized spacial score (nSPS) is 11.8. The number of hydrogen-bond acceptors (Lipinski definition) is 6. The molecular formula is C19H24N3O2S-. The topological polar surface area (TPSA) is 84.1 Å². The van der Waals surface area contributed by atoms with Crippen molar-refractivity contribution in [2.75, 3.05) is 12.3 Å². The third-order valence-electron chi connectivity index (χ3n) is 3.35. The summed E-state index contributed by atoms with van der Waals surface area (Å²) >= 11 is 1.80. The van der Waals surface area contributed by atoms with Gasteiger partial charge in [-0.1, -0.05) is 39.3 Å². The van der Waals surface area contributed by atoms with Crippen molar-refractivity contribution in [3.63, 3.8) is 0 Å². The van der Waals surface area contributed by atoms with Crippen molar-refractivity contribution in [2.24, 2.45) is 0 Å². The molecule has 134 valence electrons. The number of benzene rings is 1. The zero-order valence-electron chi connectivity index (χ0n) is 14.9. The first-order chi connectivity index (χ1) is 12.0. The lowest BCUT2D eigenvalue weighted by Gasteiger charge is -2.15. The zero-order valence-corrected chi connectivity index (χ0v) is 15.7. The molecule has 0 amide bonds. The largest absolute Gasteiger partial charge is 0.613 e. The van der Waals surface area contributed by atoms with E-state index in [0.29, 0.717) is 23.2 Å². The monoisotopic (exact) mass is 358 g/mol. The molecule has 6 heteroatoms. The molecule has 2 N–H and O–H groups in total. The number of aromatic nitrogens is 2. The fourth-order valence-corrected chi connectivity index (χ4v) is 2.94. The summed E-state index contributed by atoms with van der Waals surface area (Å²) in [4.78, 5) is 9.80. The van der Waals surface area contributed by atoms with Gasteiger partial charge in [0, 0.05) is 15.7 Å². The van der Waals surface area contributed by atoms with E-state index < -0.39 is 5.95 Å². The highest BCUT2D eigenvalue weighted by Crippen LogP contribution is 2.26. The van der Waals surface area contributed by atoms with Crippen LogP contribution < -0.4 is 10.8 Å². The van der Waals surface area contributed by atoms with Crippen LogP contribution in [0.5, 0.6) is 0 Å². The molecule has 5 nitrogen and oxygen atoms in total. The van der Waals surface area contributed by atoms with E-state index in [9.17, 15) is 5.11 Å². The van der Waals surface area contributed by atoms with Crippen LogP contribution in [0, 0.1) is 0 Å². The number of anilines is 1. The average molecular weight is 358 g/mol. The Hall–Kier alpha value is -2.21. The van der Waals surface area contributed by atoms with E-state index in [4.69, 9.17) is 10.5 Å². The van der Waals surface area contributed by atoms with Gasteiger partial charge >= 0.3 is 0 Å². The molecule has 0 fully saturated rings. The van der Waals surface area contributed by atoms with E-state index in [1.54, 1.807) is 18.0 Å². The highest BCUT2D eigenvalue weighted by Gasteiger charge is 2.06. The van der Waals surface area contributed by atoms with Crippen LogP contribution in [0.15, 0.2) is 41.3 Å². The van der Waals surface area contributed by atoms with E-state index in [1.165, 1.54) is 11.0 Å². The van der Waals surface area contributed by atoms with Crippen LogP contribution in [-0.2, 0) is 4.74 Å². The molecule has 0 bridgehead atoms. The predicted octanol–water partition coefficient (Wildman–Crippen LogP) is 3.70. The van der Waals surface area contributed by atoms with Crippen LogP contribution in [0.2, 0.25) is 0 Å². The molecule has 0 atom stereocenters. The Labute approximate surface area is 153 Å². The van der Waals surface area contributed by atoms with Crippen molar-refractivity contribution in [3.05, 3.63) is 42.1 Å². The van der Waals surface area contributed by atoms with E-state index in [0.717, 1.165) is 18.4 Å². The zero-order chi connectivity index (χ0) is 18.2. The third-order valence-corrected chi connectivity index (χ3v) is 4.36. The second-order valence-corrected chi connectivity index (χ2v) is 7.53. The quantitative estimate of drug-likeness (QED) is 0.440. The van der Waals surface area contributed by atoms with Crippen molar-refractivity contribution in [1.82, 2.24) is 9.97 Å². The molecular weight excluding hydrogens is 334 g/mol. The highest BCUT2D eigenvalue weighted by molar-refractivity contribution is 7.99. The van der Waals surface area contributed by atoms with Gasteiger partial charge in [-0.25, -0.2) is 9.97 Å². The highest BCUT2D eigenvalue weighted by atomic mass is 32.2. The SMILES string of the molecule is CCCCOC([O-])=Cc1nc(-c2ccc(SC(C)C)cc2)cnc1N. The number of rotatable bonds is 8. The fourth-order valence-electron chi connectivity index (χ4n) is 2.10. The van der Waals surface area contributed by atoms with Crippen molar-refractivity contribution < 1.29 is 9.84 Å². The van der Waals surface area contributed by atoms with Gasteiger partial charge in [0.05, 0.1) is 17.8 Å². The minimum atomic E-state index is -0.449. The van der Waals surface area contributed by atoms with E-state index >= 15 is 0 Å². The maximum atomic E-state index is 11.8. The molecule has 0 unspecified atom stereocenters. The van der Waals surface area contributed by atoms with Crippen LogP contribution >= 0.6 is 11.8 Å². The van der Waals surface area contributed by atoms with E-state index in [2.05, 4.69) is 35.9 Å². The van der Waals surface area contributed by atoms with Crippen LogP contribution in [0.25, 0.3) is 17.3 Å². The molecule has 0 saturated carbocycles. The van der Waals surface area contributed by atoms with Crippen molar-refractivity contribution in [3.8, 4) is 11.3 Å². The molecule has 0 spiro atoms. The predicted molar refractivity (Wildman–Crippen MR) is 102 cm³/mol. The molecule has 0 aliphatic rings. The summed E-state index contributed by atoms with van der Waals surface area (Å²) in [5.74, 6) is -0.238. The number of nitrogens with zero attached hydrogens (tertiary/aromatic N) is 2. The van der Waals surface area contributed by atoms with Gasteiger partial charge < -0.3 is 15.6 Å². The first kappa shape index (κ1) is 19.1. The summed E-state index contributed by atoms with van der Waals surface area (Å²) in [6, 6.07) is 8.10. The maximum Gasteiger partial charge on any atom is 0.149 e. The lowest BCUT2D eigenvalue weighted by molar-refractivity contribution is -0.354. The first-order valence-corrected chi connectivity index (χ1v) is 9.28. The Kier molecular flexibility index (Phi) is 7.13. The van der Waals surface area contributed by atoms with Gasteiger partial charge in [-0.2, -0.15) is 0 Å². The molecule has 1 aromatic carbocycles. The molecule has 0 aliphatic carbocycles. The van der Waals surface area contributed by atoms with Crippen LogP contribution in [0.1, 0.15) is 39.3 Å². The Morgan fingerprint density at radius 1 is 1.32 bits per heavy atom. The van der Waals surface area contributed by atoms with Crippen molar-refractivity contribution in [2.45, 2.75) is 43.8 Å². The Balaban J connectivity index is 2.19. The van der Waals surface area contributed by atoms with Gasteiger partial charge in [-0.15, -0.1) is 11.8 Å². The third kappa shape index (κ3) is 5.98. The summed E-state index contributed by atoms with van der Waals surface area (Å²) in [6.45, 7) is 6.75. The van der Waals surface area contributed by atoms with Gasteiger partial charge in [-0.3, -0.25) is 0 Å². The van der Waals surface area contributed by atoms with Gasteiger partial charge in [0.15, 0.2) is 0 Å². The number of unbranched alkanes of at least 4 members (excludes halogenated alkanes) is 1. The minimum absolute atomic E-state index is 0.211. The second kappa shape index (κ2) is 9.32. The van der Waals surface area contributed by atoms with Crippen LogP contribution in [0.4, 0.5) is 5.82 Å². The fraction of sp³-hybridized carbons (Fsp3) is 0.368. The summed E-state index contributed by atoms with van der Waals surface area (Å²) in [5, 5.41) is 12.4. The van der Waals surface area contributed by atoms with Gasteiger partial charge in [-0.05, 0) is 31.2 Å². The molecule has 2 aromatic rings. The van der Waals surface area contributed by atoms with Crippen LogP contribution in [0.3, 0.4) is 0 Å². The molecule has 0 saturated heterocycles. The van der Waals surface area contributed by atoms with E-state index in [-0.39, 0.29) is 5.82 Å². The summed E-state index contributed by atoms with van der Waals surface area (Å²) < 4.78 is 5.12. The number of nitrogens with two attached hydrogens (primary N) is 1. The smallest absolute Gasteiger partial charge is 0.149 e.